The molecule has 0 saturated carbocycles. The van der Waals surface area contributed by atoms with Crippen LogP contribution < -0.4 is 0 Å². The summed E-state index contributed by atoms with van der Waals surface area (Å²) >= 11 is 0. The maximum atomic E-state index is 10.1. The van der Waals surface area contributed by atoms with Crippen molar-refractivity contribution in [3.8, 4) is 0 Å². The van der Waals surface area contributed by atoms with Crippen molar-refractivity contribution < 1.29 is 9.52 Å². The highest BCUT2D eigenvalue weighted by Crippen LogP contribution is 2.20. The summed E-state index contributed by atoms with van der Waals surface area (Å²) in [6.45, 7) is 4.13. The number of rotatable bonds is 4. The van der Waals surface area contributed by atoms with Gasteiger partial charge in [0.2, 0.25) is 0 Å². The minimum atomic E-state index is -0.539. The first-order valence-electron chi connectivity index (χ1n) is 5.39. The van der Waals surface area contributed by atoms with Crippen molar-refractivity contribution in [2.24, 2.45) is 0 Å². The van der Waals surface area contributed by atoms with Gasteiger partial charge in [0.15, 0.2) is 0 Å². The van der Waals surface area contributed by atoms with Crippen molar-refractivity contribution in [1.82, 2.24) is 9.55 Å². The molecule has 0 bridgehead atoms. The van der Waals surface area contributed by atoms with Crippen LogP contribution in [0.2, 0.25) is 0 Å². The Hall–Kier alpha value is -1.55. The van der Waals surface area contributed by atoms with E-state index in [0.717, 1.165) is 11.3 Å². The maximum Gasteiger partial charge on any atom is 0.0997 e. The van der Waals surface area contributed by atoms with Gasteiger partial charge in [-0.3, -0.25) is 0 Å². The highest BCUT2D eigenvalue weighted by atomic mass is 16.3. The number of hydrogen-bond donors (Lipinski definition) is 1. The topological polar surface area (TPSA) is 51.2 Å². The number of nitrogens with zero attached hydrogens (tertiary/aromatic N) is 2. The second kappa shape index (κ2) is 4.53. The predicted molar refractivity (Wildman–Crippen MR) is 60.0 cm³/mol. The number of aromatic nitrogens is 2. The van der Waals surface area contributed by atoms with Crippen LogP contribution in [0.1, 0.15) is 37.3 Å². The number of furan rings is 1. The molecule has 16 heavy (non-hydrogen) atoms. The van der Waals surface area contributed by atoms with Crippen LogP contribution in [-0.2, 0) is 6.42 Å². The minimum absolute atomic E-state index is 0.302. The zero-order valence-electron chi connectivity index (χ0n) is 9.50. The molecule has 2 aromatic heterocycles. The molecule has 0 saturated heterocycles. The van der Waals surface area contributed by atoms with E-state index in [0.29, 0.717) is 12.5 Å². The standard InChI is InChI=1S/C12H16N2O2/c1-9(2)14-8-13-6-11(14)12(15)5-10-3-4-16-7-10/h3-4,6-9,12,15H,5H2,1-2H3. The van der Waals surface area contributed by atoms with Gasteiger partial charge in [-0.2, -0.15) is 0 Å². The Labute approximate surface area is 94.5 Å². The average molecular weight is 220 g/mol. The smallest absolute Gasteiger partial charge is 0.0997 e. The molecule has 0 aliphatic carbocycles. The Morgan fingerprint density at radius 3 is 2.94 bits per heavy atom. The Morgan fingerprint density at radius 2 is 2.31 bits per heavy atom. The van der Waals surface area contributed by atoms with E-state index >= 15 is 0 Å². The first-order chi connectivity index (χ1) is 7.68. The predicted octanol–water partition coefficient (Wildman–Crippen LogP) is 2.33. The number of aliphatic hydroxyl groups is 1. The SMILES string of the molecule is CC(C)n1cncc1C(O)Cc1ccoc1. The summed E-state index contributed by atoms with van der Waals surface area (Å²) < 4.78 is 6.95. The van der Waals surface area contributed by atoms with Gasteiger partial charge in [0.1, 0.15) is 0 Å². The second-order valence-electron chi connectivity index (χ2n) is 4.17. The third kappa shape index (κ3) is 2.17. The molecular weight excluding hydrogens is 204 g/mol. The molecule has 0 radical (unpaired) electrons. The maximum absolute atomic E-state index is 10.1. The molecule has 2 rings (SSSR count). The number of aliphatic hydroxyl groups excluding tert-OH is 1. The number of hydrogen-bond acceptors (Lipinski definition) is 3. The van der Waals surface area contributed by atoms with Crippen molar-refractivity contribution in [3.63, 3.8) is 0 Å². The van der Waals surface area contributed by atoms with Gasteiger partial charge in [-0.15, -0.1) is 0 Å². The molecular formula is C12H16N2O2. The van der Waals surface area contributed by atoms with Gasteiger partial charge in [-0.05, 0) is 25.5 Å². The molecule has 0 amide bonds. The molecule has 4 heteroatoms. The monoisotopic (exact) mass is 220 g/mol. The van der Waals surface area contributed by atoms with Crippen LogP contribution in [0.4, 0.5) is 0 Å². The second-order valence-corrected chi connectivity index (χ2v) is 4.17. The molecule has 1 N–H and O–H groups in total. The van der Waals surface area contributed by atoms with Gasteiger partial charge >= 0.3 is 0 Å². The lowest BCUT2D eigenvalue weighted by Crippen LogP contribution is -2.10. The fourth-order valence-electron chi connectivity index (χ4n) is 1.74. The molecule has 0 aliphatic heterocycles. The Bertz CT molecular complexity index is 432. The van der Waals surface area contributed by atoms with Crippen LogP contribution in [0.15, 0.2) is 35.5 Å². The highest BCUT2D eigenvalue weighted by molar-refractivity contribution is 5.12. The summed E-state index contributed by atoms with van der Waals surface area (Å²) in [6.07, 6.45) is 6.74. The Kier molecular flexibility index (Phi) is 3.10. The lowest BCUT2D eigenvalue weighted by molar-refractivity contribution is 0.167. The van der Waals surface area contributed by atoms with Gasteiger partial charge in [0.25, 0.3) is 0 Å². The molecule has 2 heterocycles. The van der Waals surface area contributed by atoms with Crippen molar-refractivity contribution in [3.05, 3.63) is 42.4 Å². The van der Waals surface area contributed by atoms with Crippen LogP contribution in [0.25, 0.3) is 0 Å². The fourth-order valence-corrected chi connectivity index (χ4v) is 1.74. The van der Waals surface area contributed by atoms with E-state index in [9.17, 15) is 5.11 Å². The highest BCUT2D eigenvalue weighted by Gasteiger charge is 2.15. The zero-order valence-corrected chi connectivity index (χ0v) is 9.50. The molecule has 0 fully saturated rings. The first kappa shape index (κ1) is 11.0. The van der Waals surface area contributed by atoms with Crippen molar-refractivity contribution in [1.29, 1.82) is 0 Å². The third-order valence-corrected chi connectivity index (χ3v) is 2.60. The lowest BCUT2D eigenvalue weighted by Gasteiger charge is -2.15. The molecule has 4 nitrogen and oxygen atoms in total. The average Bonchev–Trinajstić information content (AvgIpc) is 2.86. The molecule has 2 aromatic rings. The molecule has 86 valence electrons. The van der Waals surface area contributed by atoms with Crippen LogP contribution >= 0.6 is 0 Å². The van der Waals surface area contributed by atoms with E-state index < -0.39 is 6.10 Å². The molecule has 1 unspecified atom stereocenters. The minimum Gasteiger partial charge on any atom is -0.472 e. The van der Waals surface area contributed by atoms with Crippen LogP contribution in [0.3, 0.4) is 0 Å². The quantitative estimate of drug-likeness (QED) is 0.860. The van der Waals surface area contributed by atoms with E-state index in [1.54, 1.807) is 25.1 Å². The molecule has 0 aliphatic rings. The number of imidazole rings is 1. The van der Waals surface area contributed by atoms with Crippen molar-refractivity contribution >= 4 is 0 Å². The summed E-state index contributed by atoms with van der Waals surface area (Å²) in [5.41, 5.74) is 1.83. The van der Waals surface area contributed by atoms with Crippen molar-refractivity contribution in [2.45, 2.75) is 32.4 Å². The third-order valence-electron chi connectivity index (χ3n) is 2.60. The lowest BCUT2D eigenvalue weighted by atomic mass is 10.1. The Morgan fingerprint density at radius 1 is 1.50 bits per heavy atom. The summed E-state index contributed by atoms with van der Waals surface area (Å²) in [5, 5.41) is 10.1. The molecule has 0 spiro atoms. The normalized spacial score (nSPS) is 13.2. The Balaban J connectivity index is 2.14. The van der Waals surface area contributed by atoms with Crippen LogP contribution in [0, 0.1) is 0 Å². The van der Waals surface area contributed by atoms with Gasteiger partial charge in [-0.25, -0.2) is 4.98 Å². The van der Waals surface area contributed by atoms with Gasteiger partial charge in [0.05, 0.1) is 36.8 Å². The van der Waals surface area contributed by atoms with E-state index in [4.69, 9.17) is 4.42 Å². The summed E-state index contributed by atoms with van der Waals surface area (Å²) in [6, 6.07) is 2.16. The first-order valence-corrected chi connectivity index (χ1v) is 5.39. The van der Waals surface area contributed by atoms with Gasteiger partial charge in [-0.1, -0.05) is 0 Å². The zero-order chi connectivity index (χ0) is 11.5. The fraction of sp³-hybridized carbons (Fsp3) is 0.417. The van der Waals surface area contributed by atoms with E-state index in [1.807, 2.05) is 10.6 Å². The van der Waals surface area contributed by atoms with Crippen LogP contribution in [0.5, 0.6) is 0 Å². The molecule has 1 atom stereocenters. The largest absolute Gasteiger partial charge is 0.472 e. The van der Waals surface area contributed by atoms with E-state index in [2.05, 4.69) is 18.8 Å². The van der Waals surface area contributed by atoms with Crippen molar-refractivity contribution in [2.75, 3.05) is 0 Å². The van der Waals surface area contributed by atoms with Gasteiger partial charge in [0, 0.05) is 12.5 Å². The summed E-state index contributed by atoms with van der Waals surface area (Å²) in [4.78, 5) is 4.07. The van der Waals surface area contributed by atoms with E-state index in [-0.39, 0.29) is 0 Å². The van der Waals surface area contributed by atoms with Crippen LogP contribution in [-0.4, -0.2) is 14.7 Å². The molecule has 0 aromatic carbocycles. The summed E-state index contributed by atoms with van der Waals surface area (Å²) in [7, 11) is 0. The summed E-state index contributed by atoms with van der Waals surface area (Å²) in [5.74, 6) is 0. The van der Waals surface area contributed by atoms with E-state index in [1.165, 1.54) is 0 Å². The van der Waals surface area contributed by atoms with Gasteiger partial charge < -0.3 is 14.1 Å².